The molecule has 0 bridgehead atoms. The van der Waals surface area contributed by atoms with Gasteiger partial charge in [0.25, 0.3) is 0 Å². The summed E-state index contributed by atoms with van der Waals surface area (Å²) in [6.07, 6.45) is 1.48. The van der Waals surface area contributed by atoms with E-state index in [1.54, 1.807) is 12.1 Å². The molecule has 7 nitrogen and oxygen atoms in total. The Kier molecular flexibility index (Phi) is 9.49. The van der Waals surface area contributed by atoms with E-state index in [2.05, 4.69) is 19.2 Å². The fraction of sp³-hybridized carbons (Fsp3) is 0.481. The third kappa shape index (κ3) is 8.38. The van der Waals surface area contributed by atoms with E-state index < -0.39 is 34.1 Å². The van der Waals surface area contributed by atoms with Crippen LogP contribution in [0.1, 0.15) is 65.0 Å². The third-order valence-corrected chi connectivity index (χ3v) is 6.75. The third-order valence-electron chi connectivity index (χ3n) is 5.61. The molecule has 2 rings (SSSR count). The van der Waals surface area contributed by atoms with Crippen molar-refractivity contribution in [2.75, 3.05) is 17.1 Å². The summed E-state index contributed by atoms with van der Waals surface area (Å²) in [5.74, 6) is -0.412. The van der Waals surface area contributed by atoms with Crippen molar-refractivity contribution in [2.45, 2.75) is 72.0 Å². The van der Waals surface area contributed by atoms with Gasteiger partial charge in [0.15, 0.2) is 0 Å². The summed E-state index contributed by atoms with van der Waals surface area (Å²) < 4.78 is 26.5. The second-order valence-corrected chi connectivity index (χ2v) is 12.1. The van der Waals surface area contributed by atoms with Crippen LogP contribution in [0.2, 0.25) is 0 Å². The molecular weight excluding hydrogens is 462 g/mol. The predicted octanol–water partition coefficient (Wildman–Crippen LogP) is 4.30. The second kappa shape index (κ2) is 11.7. The molecule has 0 saturated carbocycles. The SMILES string of the molecule is CCC(C(=O)NC(C)(C)C)N(Cc1ccccc1)C(=O)CN(c1ccc(C(C)C)cc1)S(C)(=O)=O. The fourth-order valence-electron chi connectivity index (χ4n) is 3.79. The highest BCUT2D eigenvalue weighted by Crippen LogP contribution is 2.23. The van der Waals surface area contributed by atoms with Crippen LogP contribution in [0.15, 0.2) is 54.6 Å². The summed E-state index contributed by atoms with van der Waals surface area (Å²) in [4.78, 5) is 28.3. The van der Waals surface area contributed by atoms with E-state index in [4.69, 9.17) is 0 Å². The first kappa shape index (κ1) is 28.4. The highest BCUT2D eigenvalue weighted by Gasteiger charge is 2.33. The zero-order valence-corrected chi connectivity index (χ0v) is 22.7. The molecule has 0 aliphatic rings. The summed E-state index contributed by atoms with van der Waals surface area (Å²) in [7, 11) is -3.75. The number of nitrogens with zero attached hydrogens (tertiary/aromatic N) is 2. The van der Waals surface area contributed by atoms with E-state index in [1.165, 1.54) is 4.90 Å². The number of benzene rings is 2. The quantitative estimate of drug-likeness (QED) is 0.526. The zero-order valence-electron chi connectivity index (χ0n) is 21.9. The fourth-order valence-corrected chi connectivity index (χ4v) is 4.64. The molecule has 0 saturated heterocycles. The van der Waals surface area contributed by atoms with Crippen LogP contribution in [0.3, 0.4) is 0 Å². The molecule has 192 valence electrons. The van der Waals surface area contributed by atoms with E-state index in [-0.39, 0.29) is 12.5 Å². The largest absolute Gasteiger partial charge is 0.350 e. The van der Waals surface area contributed by atoms with Crippen LogP contribution in [-0.4, -0.2) is 49.5 Å². The maximum absolute atomic E-state index is 13.7. The Hall–Kier alpha value is -2.87. The lowest BCUT2D eigenvalue weighted by Gasteiger charge is -2.34. The number of hydrogen-bond acceptors (Lipinski definition) is 4. The molecule has 0 fully saturated rings. The molecular formula is C27H39N3O4S. The lowest BCUT2D eigenvalue weighted by molar-refractivity contribution is -0.141. The molecule has 0 aliphatic carbocycles. The number of nitrogens with one attached hydrogen (secondary N) is 1. The number of anilines is 1. The highest BCUT2D eigenvalue weighted by molar-refractivity contribution is 7.92. The van der Waals surface area contributed by atoms with Crippen molar-refractivity contribution in [3.05, 3.63) is 65.7 Å². The Balaban J connectivity index is 2.42. The van der Waals surface area contributed by atoms with Crippen LogP contribution in [0, 0.1) is 0 Å². The van der Waals surface area contributed by atoms with Gasteiger partial charge in [-0.3, -0.25) is 13.9 Å². The smallest absolute Gasteiger partial charge is 0.244 e. The monoisotopic (exact) mass is 501 g/mol. The first-order valence-corrected chi connectivity index (χ1v) is 13.8. The van der Waals surface area contributed by atoms with E-state index in [9.17, 15) is 18.0 Å². The molecule has 0 heterocycles. The number of carbonyl (C=O) groups excluding carboxylic acids is 2. The highest BCUT2D eigenvalue weighted by atomic mass is 32.2. The van der Waals surface area contributed by atoms with Crippen molar-refractivity contribution in [3.63, 3.8) is 0 Å². The van der Waals surface area contributed by atoms with Gasteiger partial charge in [0, 0.05) is 12.1 Å². The maximum atomic E-state index is 13.7. The molecule has 8 heteroatoms. The van der Waals surface area contributed by atoms with Gasteiger partial charge < -0.3 is 10.2 Å². The van der Waals surface area contributed by atoms with E-state index in [0.717, 1.165) is 21.7 Å². The normalized spacial score (nSPS) is 12.8. The van der Waals surface area contributed by atoms with Gasteiger partial charge in [0.2, 0.25) is 21.8 Å². The van der Waals surface area contributed by atoms with Crippen molar-refractivity contribution in [2.24, 2.45) is 0 Å². The van der Waals surface area contributed by atoms with E-state index in [0.29, 0.717) is 18.0 Å². The van der Waals surface area contributed by atoms with Crippen LogP contribution in [0.4, 0.5) is 5.69 Å². The first-order chi connectivity index (χ1) is 16.2. The molecule has 0 aromatic heterocycles. The van der Waals surface area contributed by atoms with Crippen molar-refractivity contribution >= 4 is 27.5 Å². The van der Waals surface area contributed by atoms with Crippen LogP contribution < -0.4 is 9.62 Å². The van der Waals surface area contributed by atoms with Crippen LogP contribution >= 0.6 is 0 Å². The zero-order chi connectivity index (χ0) is 26.4. The van der Waals surface area contributed by atoms with E-state index >= 15 is 0 Å². The lowest BCUT2D eigenvalue weighted by Crippen LogP contribution is -2.55. The van der Waals surface area contributed by atoms with Crippen molar-refractivity contribution in [1.29, 1.82) is 0 Å². The Bertz CT molecular complexity index is 1090. The minimum absolute atomic E-state index is 0.194. The molecule has 1 unspecified atom stereocenters. The standard InChI is InChI=1S/C27H39N3O4S/c1-8-24(26(32)28-27(4,5)6)29(18-21-12-10-9-11-13-21)25(31)19-30(35(7,33)34)23-16-14-22(15-17-23)20(2)3/h9-17,20,24H,8,18-19H2,1-7H3,(H,28,32). The molecule has 1 N–H and O–H groups in total. The Morgan fingerprint density at radius 3 is 2.00 bits per heavy atom. The molecule has 0 aliphatic heterocycles. The average Bonchev–Trinajstić information content (AvgIpc) is 2.76. The van der Waals surface area contributed by atoms with Gasteiger partial charge in [-0.1, -0.05) is 63.2 Å². The summed E-state index contributed by atoms with van der Waals surface area (Å²) >= 11 is 0. The van der Waals surface area contributed by atoms with Crippen molar-refractivity contribution in [1.82, 2.24) is 10.2 Å². The number of hydrogen-bond donors (Lipinski definition) is 1. The van der Waals surface area contributed by atoms with Gasteiger partial charge >= 0.3 is 0 Å². The van der Waals surface area contributed by atoms with E-state index in [1.807, 2.05) is 70.2 Å². The van der Waals surface area contributed by atoms with Gasteiger partial charge in [-0.25, -0.2) is 8.42 Å². The van der Waals surface area contributed by atoms with Gasteiger partial charge in [-0.05, 0) is 56.4 Å². The second-order valence-electron chi connectivity index (χ2n) is 10.2. The van der Waals surface area contributed by atoms with Gasteiger partial charge in [0.1, 0.15) is 12.6 Å². The Labute approximate surface area is 210 Å². The minimum atomic E-state index is -3.75. The van der Waals surface area contributed by atoms with Crippen LogP contribution in [-0.2, 0) is 26.2 Å². The summed E-state index contributed by atoms with van der Waals surface area (Å²) in [5, 5.41) is 2.96. The maximum Gasteiger partial charge on any atom is 0.244 e. The van der Waals surface area contributed by atoms with Crippen LogP contribution in [0.25, 0.3) is 0 Å². The Morgan fingerprint density at radius 2 is 1.54 bits per heavy atom. The van der Waals surface area contributed by atoms with Gasteiger partial charge in [-0.15, -0.1) is 0 Å². The number of sulfonamides is 1. The first-order valence-electron chi connectivity index (χ1n) is 12.0. The number of amides is 2. The average molecular weight is 502 g/mol. The Morgan fingerprint density at radius 1 is 0.971 bits per heavy atom. The lowest BCUT2D eigenvalue weighted by atomic mass is 10.0. The molecule has 0 spiro atoms. The van der Waals surface area contributed by atoms with Crippen molar-refractivity contribution < 1.29 is 18.0 Å². The summed E-state index contributed by atoms with van der Waals surface area (Å²) in [6.45, 7) is 11.4. The summed E-state index contributed by atoms with van der Waals surface area (Å²) in [6, 6.07) is 15.8. The molecule has 2 amide bonds. The number of carbonyl (C=O) groups is 2. The minimum Gasteiger partial charge on any atom is -0.350 e. The van der Waals surface area contributed by atoms with Gasteiger partial charge in [-0.2, -0.15) is 0 Å². The van der Waals surface area contributed by atoms with Crippen molar-refractivity contribution in [3.8, 4) is 0 Å². The topological polar surface area (TPSA) is 86.8 Å². The molecule has 2 aromatic carbocycles. The molecule has 1 atom stereocenters. The molecule has 35 heavy (non-hydrogen) atoms. The van der Waals surface area contributed by atoms with Crippen LogP contribution in [0.5, 0.6) is 0 Å². The number of rotatable bonds is 10. The molecule has 2 aromatic rings. The molecule has 0 radical (unpaired) electrons. The summed E-state index contributed by atoms with van der Waals surface area (Å²) in [5.41, 5.74) is 1.87. The predicted molar refractivity (Wildman–Crippen MR) is 142 cm³/mol. The van der Waals surface area contributed by atoms with Gasteiger partial charge in [0.05, 0.1) is 11.9 Å².